The van der Waals surface area contributed by atoms with Crippen molar-refractivity contribution in [3.05, 3.63) is 22.9 Å². The van der Waals surface area contributed by atoms with Gasteiger partial charge in [0.25, 0.3) is 0 Å². The molecule has 0 radical (unpaired) electrons. The third-order valence-corrected chi connectivity index (χ3v) is 3.47. The molecule has 1 aromatic rings. The first kappa shape index (κ1) is 9.97. The monoisotopic (exact) mass is 254 g/mol. The molecule has 1 aliphatic heterocycles. The molecule has 0 atom stereocenters. The van der Waals surface area contributed by atoms with E-state index in [4.69, 9.17) is 0 Å². The fraction of sp³-hybridized carbons (Fsp3) is 0.545. The lowest BCUT2D eigenvalue weighted by molar-refractivity contribution is 0.438. The first-order chi connectivity index (χ1) is 6.77. The fourth-order valence-corrected chi connectivity index (χ4v) is 2.36. The summed E-state index contributed by atoms with van der Waals surface area (Å²) in [7, 11) is 0. The smallest absolute Gasteiger partial charge is 0.129 e. The molecule has 2 nitrogen and oxygen atoms in total. The summed E-state index contributed by atoms with van der Waals surface area (Å²) < 4.78 is 0.967. The Morgan fingerprint density at radius 3 is 2.79 bits per heavy atom. The van der Waals surface area contributed by atoms with Crippen molar-refractivity contribution >= 4 is 21.6 Å². The molecule has 0 aromatic carbocycles. The van der Waals surface area contributed by atoms with Gasteiger partial charge in [0, 0.05) is 19.3 Å². The van der Waals surface area contributed by atoms with Crippen molar-refractivity contribution in [2.45, 2.75) is 19.8 Å². The van der Waals surface area contributed by atoms with Crippen LogP contribution in [0.25, 0.3) is 0 Å². The van der Waals surface area contributed by atoms with Crippen LogP contribution in [0.2, 0.25) is 0 Å². The summed E-state index contributed by atoms with van der Waals surface area (Å²) in [5.41, 5.74) is 1.24. The van der Waals surface area contributed by atoms with E-state index in [9.17, 15) is 0 Å². The van der Waals surface area contributed by atoms with Crippen molar-refractivity contribution in [1.29, 1.82) is 0 Å². The lowest BCUT2D eigenvalue weighted by atomic mass is 9.99. The zero-order valence-electron chi connectivity index (χ0n) is 8.41. The van der Waals surface area contributed by atoms with Crippen LogP contribution in [0.3, 0.4) is 0 Å². The predicted molar refractivity (Wildman–Crippen MR) is 62.5 cm³/mol. The molecule has 0 unspecified atom stereocenters. The minimum atomic E-state index is 0.877. The first-order valence-corrected chi connectivity index (χ1v) is 5.92. The molecule has 2 rings (SSSR count). The van der Waals surface area contributed by atoms with Crippen LogP contribution in [-0.4, -0.2) is 18.1 Å². The average molecular weight is 255 g/mol. The van der Waals surface area contributed by atoms with Crippen LogP contribution >= 0.6 is 15.9 Å². The van der Waals surface area contributed by atoms with Crippen molar-refractivity contribution in [2.24, 2.45) is 5.92 Å². The SMILES string of the molecule is CC1CCN(c2cccnc2Br)CC1. The van der Waals surface area contributed by atoms with E-state index in [1.54, 1.807) is 0 Å². The summed E-state index contributed by atoms with van der Waals surface area (Å²) in [5.74, 6) is 0.877. The standard InChI is InChI=1S/C11H15BrN2/c1-9-4-7-14(8-5-9)10-3-2-6-13-11(10)12/h2-3,6,9H,4-5,7-8H2,1H3. The number of halogens is 1. The number of rotatable bonds is 1. The Morgan fingerprint density at radius 2 is 2.14 bits per heavy atom. The number of hydrogen-bond acceptors (Lipinski definition) is 2. The molecule has 0 bridgehead atoms. The molecule has 0 amide bonds. The lowest BCUT2D eigenvalue weighted by Crippen LogP contribution is -2.33. The van der Waals surface area contributed by atoms with Crippen LogP contribution < -0.4 is 4.90 Å². The summed E-state index contributed by atoms with van der Waals surface area (Å²) in [5, 5.41) is 0. The Hall–Kier alpha value is -0.570. The summed E-state index contributed by atoms with van der Waals surface area (Å²) >= 11 is 3.49. The largest absolute Gasteiger partial charge is 0.369 e. The van der Waals surface area contributed by atoms with E-state index in [0.29, 0.717) is 0 Å². The maximum atomic E-state index is 4.25. The van der Waals surface area contributed by atoms with Crippen molar-refractivity contribution in [1.82, 2.24) is 4.98 Å². The van der Waals surface area contributed by atoms with Crippen LogP contribution in [0.4, 0.5) is 5.69 Å². The van der Waals surface area contributed by atoms with Gasteiger partial charge in [-0.1, -0.05) is 6.92 Å². The van der Waals surface area contributed by atoms with Gasteiger partial charge in [-0.15, -0.1) is 0 Å². The Bertz CT molecular complexity index is 306. The molecule has 0 aliphatic carbocycles. The second-order valence-corrected chi connectivity index (χ2v) is 4.73. The number of anilines is 1. The highest BCUT2D eigenvalue weighted by molar-refractivity contribution is 9.10. The zero-order valence-corrected chi connectivity index (χ0v) is 10.00. The van der Waals surface area contributed by atoms with E-state index in [2.05, 4.69) is 38.8 Å². The Kier molecular flexibility index (Phi) is 3.06. The van der Waals surface area contributed by atoms with Crippen LogP contribution in [0, 0.1) is 5.92 Å². The van der Waals surface area contributed by atoms with Gasteiger partial charge in [0.15, 0.2) is 0 Å². The predicted octanol–water partition coefficient (Wildman–Crippen LogP) is 3.08. The van der Waals surface area contributed by atoms with E-state index in [-0.39, 0.29) is 0 Å². The quantitative estimate of drug-likeness (QED) is 0.717. The van der Waals surface area contributed by atoms with Crippen molar-refractivity contribution < 1.29 is 0 Å². The molecule has 0 spiro atoms. The molecule has 1 aromatic heterocycles. The van der Waals surface area contributed by atoms with Gasteiger partial charge in [0.05, 0.1) is 5.69 Å². The van der Waals surface area contributed by atoms with Crippen LogP contribution in [0.15, 0.2) is 22.9 Å². The third-order valence-electron chi connectivity index (χ3n) is 2.86. The lowest BCUT2D eigenvalue weighted by Gasteiger charge is -2.32. The summed E-state index contributed by atoms with van der Waals surface area (Å²) in [6.45, 7) is 4.65. The number of piperidine rings is 1. The highest BCUT2D eigenvalue weighted by atomic mass is 79.9. The molecule has 14 heavy (non-hydrogen) atoms. The number of pyridine rings is 1. The van der Waals surface area contributed by atoms with E-state index in [1.165, 1.54) is 18.5 Å². The van der Waals surface area contributed by atoms with Crippen LogP contribution in [0.1, 0.15) is 19.8 Å². The number of nitrogens with zero attached hydrogens (tertiary/aromatic N) is 2. The van der Waals surface area contributed by atoms with E-state index < -0.39 is 0 Å². The van der Waals surface area contributed by atoms with Gasteiger partial charge in [-0.05, 0) is 46.8 Å². The molecule has 3 heteroatoms. The van der Waals surface area contributed by atoms with Crippen molar-refractivity contribution in [3.63, 3.8) is 0 Å². The van der Waals surface area contributed by atoms with Crippen LogP contribution in [0.5, 0.6) is 0 Å². The highest BCUT2D eigenvalue weighted by Crippen LogP contribution is 2.27. The molecule has 2 heterocycles. The van der Waals surface area contributed by atoms with Crippen molar-refractivity contribution in [2.75, 3.05) is 18.0 Å². The number of aromatic nitrogens is 1. The molecule has 76 valence electrons. The van der Waals surface area contributed by atoms with Gasteiger partial charge in [-0.2, -0.15) is 0 Å². The normalized spacial score (nSPS) is 18.6. The first-order valence-electron chi connectivity index (χ1n) is 5.13. The average Bonchev–Trinajstić information content (AvgIpc) is 2.20. The summed E-state index contributed by atoms with van der Waals surface area (Å²) in [6, 6.07) is 4.13. The maximum Gasteiger partial charge on any atom is 0.129 e. The van der Waals surface area contributed by atoms with Gasteiger partial charge < -0.3 is 4.90 Å². The molecule has 1 saturated heterocycles. The minimum Gasteiger partial charge on any atom is -0.369 e. The second-order valence-electron chi connectivity index (χ2n) is 3.98. The molecular weight excluding hydrogens is 240 g/mol. The fourth-order valence-electron chi connectivity index (χ4n) is 1.86. The van der Waals surface area contributed by atoms with Gasteiger partial charge >= 0.3 is 0 Å². The third kappa shape index (κ3) is 2.08. The molecule has 0 saturated carbocycles. The number of hydrogen-bond donors (Lipinski definition) is 0. The van der Waals surface area contributed by atoms with E-state index in [1.807, 2.05) is 12.3 Å². The van der Waals surface area contributed by atoms with Gasteiger partial charge in [0.1, 0.15) is 4.60 Å². The molecule has 1 fully saturated rings. The molecular formula is C11H15BrN2. The van der Waals surface area contributed by atoms with Gasteiger partial charge in [-0.3, -0.25) is 0 Å². The van der Waals surface area contributed by atoms with E-state index in [0.717, 1.165) is 23.6 Å². The topological polar surface area (TPSA) is 16.1 Å². The van der Waals surface area contributed by atoms with Crippen LogP contribution in [-0.2, 0) is 0 Å². The van der Waals surface area contributed by atoms with E-state index >= 15 is 0 Å². The summed E-state index contributed by atoms with van der Waals surface area (Å²) in [4.78, 5) is 6.66. The molecule has 1 aliphatic rings. The summed E-state index contributed by atoms with van der Waals surface area (Å²) in [6.07, 6.45) is 4.41. The van der Waals surface area contributed by atoms with Crippen molar-refractivity contribution in [3.8, 4) is 0 Å². The zero-order chi connectivity index (χ0) is 9.97. The van der Waals surface area contributed by atoms with Gasteiger partial charge in [-0.25, -0.2) is 4.98 Å². The Labute approximate surface area is 93.5 Å². The Morgan fingerprint density at radius 1 is 1.43 bits per heavy atom. The second kappa shape index (κ2) is 4.30. The Balaban J connectivity index is 2.12. The minimum absolute atomic E-state index is 0.877. The molecule has 0 N–H and O–H groups in total. The highest BCUT2D eigenvalue weighted by Gasteiger charge is 2.17. The maximum absolute atomic E-state index is 4.25. The van der Waals surface area contributed by atoms with Gasteiger partial charge in [0.2, 0.25) is 0 Å².